The molecular formula is C15H19BrClNO3. The first-order valence-electron chi connectivity index (χ1n) is 7.07. The molecule has 1 aliphatic rings. The fourth-order valence-electron chi connectivity index (χ4n) is 2.26. The Morgan fingerprint density at radius 3 is 3.00 bits per heavy atom. The SMILES string of the molecule is CCN(CC1CCCO1)C(=O)COc1ccc(Cl)cc1Br. The lowest BCUT2D eigenvalue weighted by Gasteiger charge is -2.24. The molecule has 1 unspecified atom stereocenters. The molecule has 1 fully saturated rings. The van der Waals surface area contributed by atoms with Crippen LogP contribution < -0.4 is 4.74 Å². The van der Waals surface area contributed by atoms with Crippen molar-refractivity contribution in [3.8, 4) is 5.75 Å². The molecule has 0 aromatic heterocycles. The third-order valence-electron chi connectivity index (χ3n) is 3.43. The summed E-state index contributed by atoms with van der Waals surface area (Å²) in [5.41, 5.74) is 0. The summed E-state index contributed by atoms with van der Waals surface area (Å²) in [6, 6.07) is 5.22. The summed E-state index contributed by atoms with van der Waals surface area (Å²) in [6.45, 7) is 4.07. The largest absolute Gasteiger partial charge is 0.483 e. The Bertz CT molecular complexity index is 492. The van der Waals surface area contributed by atoms with Gasteiger partial charge in [-0.15, -0.1) is 0 Å². The number of benzene rings is 1. The Morgan fingerprint density at radius 2 is 2.38 bits per heavy atom. The van der Waals surface area contributed by atoms with Gasteiger partial charge in [0.1, 0.15) is 5.75 Å². The minimum absolute atomic E-state index is 0.0147. The first-order chi connectivity index (χ1) is 10.1. The van der Waals surface area contributed by atoms with E-state index in [9.17, 15) is 4.79 Å². The van der Waals surface area contributed by atoms with Crippen molar-refractivity contribution in [2.75, 3.05) is 26.3 Å². The Hall–Kier alpha value is -0.780. The van der Waals surface area contributed by atoms with Crippen LogP contribution in [-0.2, 0) is 9.53 Å². The summed E-state index contributed by atoms with van der Waals surface area (Å²) >= 11 is 9.24. The van der Waals surface area contributed by atoms with E-state index in [0.717, 1.165) is 23.9 Å². The molecule has 6 heteroatoms. The third-order valence-corrected chi connectivity index (χ3v) is 4.28. The maximum absolute atomic E-state index is 12.2. The van der Waals surface area contributed by atoms with Crippen molar-refractivity contribution in [1.29, 1.82) is 0 Å². The average molecular weight is 377 g/mol. The summed E-state index contributed by atoms with van der Waals surface area (Å²) in [5, 5.41) is 0.620. The van der Waals surface area contributed by atoms with E-state index in [2.05, 4.69) is 15.9 Å². The molecule has 0 spiro atoms. The van der Waals surface area contributed by atoms with E-state index in [4.69, 9.17) is 21.1 Å². The summed E-state index contributed by atoms with van der Waals surface area (Å²) in [4.78, 5) is 14.0. The van der Waals surface area contributed by atoms with Gasteiger partial charge in [-0.25, -0.2) is 0 Å². The second-order valence-corrected chi connectivity index (χ2v) is 6.22. The smallest absolute Gasteiger partial charge is 0.260 e. The Morgan fingerprint density at radius 1 is 1.57 bits per heavy atom. The first kappa shape index (κ1) is 16.6. The van der Waals surface area contributed by atoms with E-state index in [1.165, 1.54) is 0 Å². The van der Waals surface area contributed by atoms with Crippen LogP contribution in [0.25, 0.3) is 0 Å². The van der Waals surface area contributed by atoms with E-state index in [1.54, 1.807) is 23.1 Å². The molecule has 1 atom stereocenters. The highest BCUT2D eigenvalue weighted by Gasteiger charge is 2.21. The monoisotopic (exact) mass is 375 g/mol. The molecule has 1 saturated heterocycles. The minimum Gasteiger partial charge on any atom is -0.483 e. The zero-order chi connectivity index (χ0) is 15.2. The first-order valence-corrected chi connectivity index (χ1v) is 8.24. The zero-order valence-electron chi connectivity index (χ0n) is 12.0. The van der Waals surface area contributed by atoms with Crippen molar-refractivity contribution < 1.29 is 14.3 Å². The van der Waals surface area contributed by atoms with Gasteiger partial charge in [0.2, 0.25) is 0 Å². The van der Waals surface area contributed by atoms with Crippen LogP contribution in [0.4, 0.5) is 0 Å². The van der Waals surface area contributed by atoms with Crippen LogP contribution in [0.5, 0.6) is 5.75 Å². The fraction of sp³-hybridized carbons (Fsp3) is 0.533. The second kappa shape index (κ2) is 8.01. The number of ether oxygens (including phenoxy) is 2. The van der Waals surface area contributed by atoms with Gasteiger partial charge >= 0.3 is 0 Å². The van der Waals surface area contributed by atoms with Crippen molar-refractivity contribution in [2.24, 2.45) is 0 Å². The molecule has 1 aromatic carbocycles. The van der Waals surface area contributed by atoms with E-state index >= 15 is 0 Å². The molecule has 4 nitrogen and oxygen atoms in total. The molecule has 2 rings (SSSR count). The Labute approximate surface area is 138 Å². The lowest BCUT2D eigenvalue weighted by Crippen LogP contribution is -2.39. The van der Waals surface area contributed by atoms with Gasteiger partial charge in [0, 0.05) is 24.7 Å². The van der Waals surface area contributed by atoms with E-state index in [-0.39, 0.29) is 18.6 Å². The summed E-state index contributed by atoms with van der Waals surface area (Å²) in [7, 11) is 0. The Balaban J connectivity index is 1.86. The number of halogens is 2. The lowest BCUT2D eigenvalue weighted by molar-refractivity contribution is -0.134. The maximum Gasteiger partial charge on any atom is 0.260 e. The lowest BCUT2D eigenvalue weighted by atomic mass is 10.2. The zero-order valence-corrected chi connectivity index (χ0v) is 14.3. The van der Waals surface area contributed by atoms with Crippen LogP contribution in [-0.4, -0.2) is 43.2 Å². The van der Waals surface area contributed by atoms with E-state index in [1.807, 2.05) is 6.92 Å². The molecule has 116 valence electrons. The number of amides is 1. The predicted molar refractivity (Wildman–Crippen MR) is 85.9 cm³/mol. The van der Waals surface area contributed by atoms with Crippen LogP contribution in [0.1, 0.15) is 19.8 Å². The van der Waals surface area contributed by atoms with Crippen molar-refractivity contribution >= 4 is 33.4 Å². The van der Waals surface area contributed by atoms with Crippen LogP contribution in [0.3, 0.4) is 0 Å². The van der Waals surface area contributed by atoms with Crippen molar-refractivity contribution in [1.82, 2.24) is 4.90 Å². The van der Waals surface area contributed by atoms with Gasteiger partial charge in [0.25, 0.3) is 5.91 Å². The highest BCUT2D eigenvalue weighted by molar-refractivity contribution is 9.10. The molecule has 0 saturated carbocycles. The van der Waals surface area contributed by atoms with Crippen LogP contribution in [0.2, 0.25) is 5.02 Å². The summed E-state index contributed by atoms with van der Waals surface area (Å²) in [5.74, 6) is 0.579. The minimum atomic E-state index is -0.0325. The molecule has 21 heavy (non-hydrogen) atoms. The standard InChI is InChI=1S/C15H19BrClNO3/c1-2-18(9-12-4-3-7-20-12)15(19)10-21-14-6-5-11(17)8-13(14)16/h5-6,8,12H,2-4,7,9-10H2,1H3. The summed E-state index contributed by atoms with van der Waals surface area (Å²) < 4.78 is 11.9. The van der Waals surface area contributed by atoms with Crippen LogP contribution in [0, 0.1) is 0 Å². The van der Waals surface area contributed by atoms with Crippen molar-refractivity contribution in [3.05, 3.63) is 27.7 Å². The van der Waals surface area contributed by atoms with Gasteiger partial charge in [-0.2, -0.15) is 0 Å². The fourth-order valence-corrected chi connectivity index (χ4v) is 3.06. The molecule has 1 heterocycles. The number of hydrogen-bond donors (Lipinski definition) is 0. The van der Waals surface area contributed by atoms with Crippen LogP contribution in [0.15, 0.2) is 22.7 Å². The number of rotatable bonds is 6. The molecule has 0 bridgehead atoms. The van der Waals surface area contributed by atoms with Crippen molar-refractivity contribution in [2.45, 2.75) is 25.9 Å². The quantitative estimate of drug-likeness (QED) is 0.762. The second-order valence-electron chi connectivity index (χ2n) is 4.93. The van der Waals surface area contributed by atoms with E-state index < -0.39 is 0 Å². The van der Waals surface area contributed by atoms with Gasteiger partial charge in [-0.05, 0) is 53.9 Å². The predicted octanol–water partition coefficient (Wildman–Crippen LogP) is 3.51. The highest BCUT2D eigenvalue weighted by Crippen LogP contribution is 2.28. The van der Waals surface area contributed by atoms with Crippen LogP contribution >= 0.6 is 27.5 Å². The number of carbonyl (C=O) groups is 1. The van der Waals surface area contributed by atoms with Gasteiger partial charge in [0.15, 0.2) is 6.61 Å². The number of carbonyl (C=O) groups excluding carboxylic acids is 1. The molecule has 1 aliphatic heterocycles. The van der Waals surface area contributed by atoms with Gasteiger partial charge < -0.3 is 14.4 Å². The van der Waals surface area contributed by atoms with Crippen molar-refractivity contribution in [3.63, 3.8) is 0 Å². The molecule has 0 radical (unpaired) electrons. The summed E-state index contributed by atoms with van der Waals surface area (Å²) in [6.07, 6.45) is 2.26. The molecular weight excluding hydrogens is 358 g/mol. The molecule has 1 aromatic rings. The highest BCUT2D eigenvalue weighted by atomic mass is 79.9. The maximum atomic E-state index is 12.2. The number of likely N-dealkylation sites (N-methyl/N-ethyl adjacent to an activating group) is 1. The molecule has 0 N–H and O–H groups in total. The van der Waals surface area contributed by atoms with Gasteiger partial charge in [-0.1, -0.05) is 11.6 Å². The normalized spacial score (nSPS) is 17.8. The average Bonchev–Trinajstić information content (AvgIpc) is 2.96. The third kappa shape index (κ3) is 4.87. The molecule has 0 aliphatic carbocycles. The van der Waals surface area contributed by atoms with Gasteiger partial charge in [-0.3, -0.25) is 4.79 Å². The topological polar surface area (TPSA) is 38.8 Å². The Kier molecular flexibility index (Phi) is 6.33. The van der Waals surface area contributed by atoms with E-state index in [0.29, 0.717) is 23.9 Å². The number of nitrogens with zero attached hydrogens (tertiary/aromatic N) is 1. The number of hydrogen-bond acceptors (Lipinski definition) is 3. The van der Waals surface area contributed by atoms with Gasteiger partial charge in [0.05, 0.1) is 10.6 Å². The molecule has 1 amide bonds.